The zero-order chi connectivity index (χ0) is 18.8. The van der Waals surface area contributed by atoms with E-state index >= 15 is 0 Å². The van der Waals surface area contributed by atoms with Crippen molar-refractivity contribution < 1.29 is 0 Å². The normalized spacial score (nSPS) is 14.4. The van der Waals surface area contributed by atoms with E-state index in [4.69, 9.17) is 11.2 Å². The van der Waals surface area contributed by atoms with Gasteiger partial charge in [-0.3, -0.25) is 0 Å². The molecule has 0 aromatic rings. The van der Waals surface area contributed by atoms with Crippen LogP contribution in [0.15, 0.2) is 25.3 Å². The zero-order valence-corrected chi connectivity index (χ0v) is 18.5. The van der Waals surface area contributed by atoms with E-state index in [2.05, 4.69) is 73.4 Å². The van der Waals surface area contributed by atoms with Gasteiger partial charge in [-0.1, -0.05) is 0 Å². The fourth-order valence-corrected chi connectivity index (χ4v) is 12.0. The molecule has 0 N–H and O–H groups in total. The van der Waals surface area contributed by atoms with Gasteiger partial charge < -0.3 is 0 Å². The molecule has 0 radical (unpaired) electrons. The zero-order valence-electron chi connectivity index (χ0n) is 16.8. The molecule has 0 aliphatic heterocycles. The Morgan fingerprint density at radius 3 is 1.04 bits per heavy atom. The first-order valence-electron chi connectivity index (χ1n) is 9.37. The van der Waals surface area contributed by atoms with Crippen molar-refractivity contribution in [3.8, 4) is 0 Å². The molecule has 0 aromatic carbocycles. The summed E-state index contributed by atoms with van der Waals surface area (Å²) < 4.78 is 9.88. The van der Waals surface area contributed by atoms with Gasteiger partial charge in [0.2, 0.25) is 0 Å². The second-order valence-electron chi connectivity index (χ2n) is 5.70. The third-order valence-corrected chi connectivity index (χ3v) is 13.3. The van der Waals surface area contributed by atoms with E-state index in [0.717, 1.165) is 52.4 Å². The Morgan fingerprint density at radius 1 is 0.625 bits per heavy atom. The summed E-state index contributed by atoms with van der Waals surface area (Å²) in [5, 5.41) is 0. The second kappa shape index (κ2) is 10.9. The number of rotatable bonds is 14. The number of halogens is 1. The van der Waals surface area contributed by atoms with Gasteiger partial charge in [0, 0.05) is 0 Å². The van der Waals surface area contributed by atoms with E-state index in [-0.39, 0.29) is 0 Å². The Balaban J connectivity index is 6.82. The van der Waals surface area contributed by atoms with Gasteiger partial charge in [-0.15, -0.1) is 0 Å². The van der Waals surface area contributed by atoms with Crippen LogP contribution in [0.4, 0.5) is 0 Å². The molecule has 0 saturated heterocycles. The molecule has 0 amide bonds. The van der Waals surface area contributed by atoms with Crippen molar-refractivity contribution in [3.05, 3.63) is 25.3 Å². The van der Waals surface area contributed by atoms with Crippen molar-refractivity contribution in [2.75, 3.05) is 52.4 Å². The summed E-state index contributed by atoms with van der Waals surface area (Å²) in [6, 6.07) is 0. The van der Waals surface area contributed by atoms with E-state index in [9.17, 15) is 0 Å². The Labute approximate surface area is 156 Å². The summed E-state index contributed by atoms with van der Waals surface area (Å²) in [5.41, 5.74) is 0. The van der Waals surface area contributed by atoms with Crippen molar-refractivity contribution in [3.63, 3.8) is 0 Å². The van der Waals surface area contributed by atoms with Gasteiger partial charge in [0.05, 0.1) is 0 Å². The third-order valence-electron chi connectivity index (χ3n) is 4.82. The molecule has 0 heterocycles. The summed E-state index contributed by atoms with van der Waals surface area (Å²) in [5.74, 6) is 0. The maximum absolute atomic E-state index is 7.96. The third kappa shape index (κ3) is 3.90. The van der Waals surface area contributed by atoms with Crippen LogP contribution >= 0.6 is 17.8 Å². The van der Waals surface area contributed by atoms with Crippen molar-refractivity contribution in [1.29, 1.82) is 0 Å². The summed E-state index contributed by atoms with van der Waals surface area (Å²) in [6.45, 7) is 25.0. The number of hydrogen-bond acceptors (Lipinski definition) is 4. The summed E-state index contributed by atoms with van der Waals surface area (Å²) >= 11 is 7.96. The van der Waals surface area contributed by atoms with E-state index in [1.807, 2.05) is 12.2 Å². The fraction of sp³-hybridized carbons (Fsp3) is 0.778. The molecule has 0 rings (SSSR count). The Kier molecular flexibility index (Phi) is 10.9. The quantitative estimate of drug-likeness (QED) is 0.309. The molecule has 0 aromatic heterocycles. The molecule has 6 heteroatoms. The average molecular weight is 379 g/mol. The number of hydrogen-bond donors (Lipinski definition) is 0. The van der Waals surface area contributed by atoms with Crippen molar-refractivity contribution >= 4 is 17.8 Å². The van der Waals surface area contributed by atoms with Crippen molar-refractivity contribution in [2.45, 2.75) is 41.5 Å². The molecule has 4 nitrogen and oxygen atoms in total. The minimum atomic E-state index is -3.20. The Hall–Kier alpha value is 0.0400. The van der Waals surface area contributed by atoms with Gasteiger partial charge in [-0.25, -0.2) is 0 Å². The van der Waals surface area contributed by atoms with E-state index in [0.29, 0.717) is 0 Å². The first-order valence-corrected chi connectivity index (χ1v) is 12.3. The van der Waals surface area contributed by atoms with Crippen LogP contribution in [0.2, 0.25) is 0 Å². The van der Waals surface area contributed by atoms with Crippen LogP contribution in [0.1, 0.15) is 41.5 Å². The van der Waals surface area contributed by atoms with Crippen LogP contribution in [0.25, 0.3) is 0 Å². The molecule has 0 aliphatic carbocycles. The summed E-state index contributed by atoms with van der Waals surface area (Å²) in [6.07, 6.45) is 3.92. The van der Waals surface area contributed by atoms with Gasteiger partial charge in [-0.2, -0.15) is 0 Å². The van der Waals surface area contributed by atoms with Gasteiger partial charge >= 0.3 is 156 Å². The average Bonchev–Trinajstić information content (AvgIpc) is 2.57. The topological polar surface area (TPSA) is 13.0 Å². The van der Waals surface area contributed by atoms with E-state index < -0.39 is 6.56 Å². The van der Waals surface area contributed by atoms with Crippen LogP contribution < -0.4 is 0 Å². The summed E-state index contributed by atoms with van der Waals surface area (Å²) in [4.78, 5) is 0. The molecule has 0 fully saturated rings. The van der Waals surface area contributed by atoms with Gasteiger partial charge in [0.15, 0.2) is 0 Å². The van der Waals surface area contributed by atoms with Gasteiger partial charge in [0.25, 0.3) is 0 Å². The molecular weight excluding hydrogens is 339 g/mol. The minimum absolute atomic E-state index is 0.747. The van der Waals surface area contributed by atoms with Gasteiger partial charge in [-0.05, 0) is 0 Å². The van der Waals surface area contributed by atoms with Crippen LogP contribution in [-0.2, 0) is 0 Å². The van der Waals surface area contributed by atoms with Crippen LogP contribution in [-0.4, -0.2) is 71.0 Å². The molecule has 0 atom stereocenters. The molecule has 0 spiro atoms. The first kappa shape index (κ1) is 24.0. The standard InChI is InChI=1S/C18H40ClN4P/c1-9-17-23(18-10-2)24(19,20(11-3)12-4,21(13-5)14-6)22(15-7)16-8/h9-10H,1-2,11-18H2,3-8H3. The Morgan fingerprint density at radius 2 is 0.875 bits per heavy atom. The molecular formula is C18H40ClN4P. The molecule has 0 saturated carbocycles. The SMILES string of the molecule is C=CCN(CC=C)P(Cl)(N(CC)CC)(N(CC)CC)N(CC)CC. The van der Waals surface area contributed by atoms with Crippen LogP contribution in [0.3, 0.4) is 0 Å². The number of nitrogens with zero attached hydrogens (tertiary/aromatic N) is 4. The van der Waals surface area contributed by atoms with Crippen molar-refractivity contribution in [2.24, 2.45) is 0 Å². The van der Waals surface area contributed by atoms with Crippen molar-refractivity contribution in [1.82, 2.24) is 18.7 Å². The Bertz CT molecular complexity index is 335. The van der Waals surface area contributed by atoms with Crippen LogP contribution in [0, 0.1) is 0 Å². The maximum atomic E-state index is 7.96. The molecule has 0 bridgehead atoms. The van der Waals surface area contributed by atoms with E-state index in [1.165, 1.54) is 0 Å². The molecule has 24 heavy (non-hydrogen) atoms. The summed E-state index contributed by atoms with van der Waals surface area (Å²) in [7, 11) is 0. The van der Waals surface area contributed by atoms with Crippen LogP contribution in [0.5, 0.6) is 0 Å². The van der Waals surface area contributed by atoms with Gasteiger partial charge in [0.1, 0.15) is 0 Å². The first-order chi connectivity index (χ1) is 11.4. The van der Waals surface area contributed by atoms with E-state index in [1.54, 1.807) is 0 Å². The molecule has 0 aliphatic rings. The molecule has 0 unspecified atom stereocenters. The monoisotopic (exact) mass is 378 g/mol. The molecule has 144 valence electrons. The fourth-order valence-electron chi connectivity index (χ4n) is 3.86. The predicted molar refractivity (Wildman–Crippen MR) is 114 cm³/mol. The predicted octanol–water partition coefficient (Wildman–Crippen LogP) is 5.05. The second-order valence-corrected chi connectivity index (χ2v) is 11.5.